The van der Waals surface area contributed by atoms with E-state index < -0.39 is 6.10 Å². The summed E-state index contributed by atoms with van der Waals surface area (Å²) in [6, 6.07) is 7.55. The highest BCUT2D eigenvalue weighted by Crippen LogP contribution is 2.15. The van der Waals surface area contributed by atoms with Gasteiger partial charge in [0.1, 0.15) is 18.5 Å². The molecule has 0 saturated heterocycles. The molecule has 0 spiro atoms. The molecule has 0 radical (unpaired) electrons. The van der Waals surface area contributed by atoms with Crippen LogP contribution in [-0.2, 0) is 0 Å². The maximum absolute atomic E-state index is 9.04. The van der Waals surface area contributed by atoms with E-state index in [1.807, 2.05) is 45.0 Å². The van der Waals surface area contributed by atoms with E-state index in [1.54, 1.807) is 0 Å². The van der Waals surface area contributed by atoms with Crippen molar-refractivity contribution in [2.24, 2.45) is 0 Å². The second-order valence-corrected chi connectivity index (χ2v) is 2.91. The molecule has 1 atom stereocenters. The number of para-hydroxylation sites is 1. The molecule has 3 heteroatoms. The van der Waals surface area contributed by atoms with E-state index >= 15 is 0 Å². The average molecular weight is 212 g/mol. The van der Waals surface area contributed by atoms with Gasteiger partial charge in [0, 0.05) is 0 Å². The third-order valence-electron chi connectivity index (χ3n) is 1.74. The summed E-state index contributed by atoms with van der Waals surface area (Å²) in [4.78, 5) is 0. The molecule has 0 saturated carbocycles. The zero-order chi connectivity index (χ0) is 11.7. The SMILES string of the molecule is CC.Cc1ccccc1OCC(O)CO. The lowest BCUT2D eigenvalue weighted by Gasteiger charge is -2.11. The zero-order valence-electron chi connectivity index (χ0n) is 9.60. The average Bonchev–Trinajstić information content (AvgIpc) is 2.30. The molecule has 15 heavy (non-hydrogen) atoms. The smallest absolute Gasteiger partial charge is 0.122 e. The van der Waals surface area contributed by atoms with Gasteiger partial charge in [-0.25, -0.2) is 0 Å². The summed E-state index contributed by atoms with van der Waals surface area (Å²) in [5.41, 5.74) is 1.02. The monoisotopic (exact) mass is 212 g/mol. The van der Waals surface area contributed by atoms with Gasteiger partial charge in [0.2, 0.25) is 0 Å². The fourth-order valence-corrected chi connectivity index (χ4v) is 0.957. The first-order valence-electron chi connectivity index (χ1n) is 5.21. The molecule has 0 fully saturated rings. The Kier molecular flexibility index (Phi) is 7.68. The van der Waals surface area contributed by atoms with Crippen LogP contribution in [0.15, 0.2) is 24.3 Å². The van der Waals surface area contributed by atoms with Crippen molar-refractivity contribution in [3.63, 3.8) is 0 Å². The second-order valence-electron chi connectivity index (χ2n) is 2.91. The van der Waals surface area contributed by atoms with E-state index in [1.165, 1.54) is 0 Å². The van der Waals surface area contributed by atoms with Crippen molar-refractivity contribution in [3.8, 4) is 5.75 Å². The third kappa shape index (κ3) is 5.40. The molecule has 0 amide bonds. The van der Waals surface area contributed by atoms with Gasteiger partial charge in [-0.3, -0.25) is 0 Å². The Balaban J connectivity index is 0.000000921. The zero-order valence-corrected chi connectivity index (χ0v) is 9.60. The fourth-order valence-electron chi connectivity index (χ4n) is 0.957. The van der Waals surface area contributed by atoms with E-state index in [9.17, 15) is 0 Å². The van der Waals surface area contributed by atoms with E-state index in [2.05, 4.69) is 0 Å². The van der Waals surface area contributed by atoms with Crippen molar-refractivity contribution in [3.05, 3.63) is 29.8 Å². The van der Waals surface area contributed by atoms with Crippen molar-refractivity contribution in [1.82, 2.24) is 0 Å². The minimum atomic E-state index is -0.806. The van der Waals surface area contributed by atoms with Gasteiger partial charge in [-0.05, 0) is 18.6 Å². The van der Waals surface area contributed by atoms with Gasteiger partial charge in [0.15, 0.2) is 0 Å². The number of aryl methyl sites for hydroxylation is 1. The second kappa shape index (κ2) is 8.26. The Morgan fingerprint density at radius 2 is 1.87 bits per heavy atom. The maximum atomic E-state index is 9.04. The van der Waals surface area contributed by atoms with Crippen molar-refractivity contribution >= 4 is 0 Å². The lowest BCUT2D eigenvalue weighted by Crippen LogP contribution is -2.21. The Bertz CT molecular complexity index is 261. The summed E-state index contributed by atoms with van der Waals surface area (Å²) in [6.45, 7) is 5.79. The van der Waals surface area contributed by atoms with Crippen molar-refractivity contribution < 1.29 is 14.9 Å². The van der Waals surface area contributed by atoms with Crippen LogP contribution in [0.5, 0.6) is 5.75 Å². The quantitative estimate of drug-likeness (QED) is 0.799. The molecule has 1 aromatic rings. The van der Waals surface area contributed by atoms with Gasteiger partial charge in [0.05, 0.1) is 6.61 Å². The number of ether oxygens (including phenoxy) is 1. The Morgan fingerprint density at radius 3 is 2.40 bits per heavy atom. The molecule has 0 aromatic heterocycles. The highest BCUT2D eigenvalue weighted by atomic mass is 16.5. The predicted octanol–water partition coefficient (Wildman–Crippen LogP) is 1.75. The van der Waals surface area contributed by atoms with E-state index in [-0.39, 0.29) is 13.2 Å². The molecule has 3 nitrogen and oxygen atoms in total. The van der Waals surface area contributed by atoms with Crippen molar-refractivity contribution in [2.45, 2.75) is 26.9 Å². The number of aliphatic hydroxyl groups is 2. The number of benzene rings is 1. The van der Waals surface area contributed by atoms with Gasteiger partial charge in [-0.1, -0.05) is 32.0 Å². The van der Waals surface area contributed by atoms with Crippen LogP contribution in [0.25, 0.3) is 0 Å². The molecule has 86 valence electrons. The summed E-state index contributed by atoms with van der Waals surface area (Å²) in [7, 11) is 0. The predicted molar refractivity (Wildman–Crippen MR) is 61.1 cm³/mol. The number of hydrogen-bond donors (Lipinski definition) is 2. The van der Waals surface area contributed by atoms with E-state index in [0.717, 1.165) is 11.3 Å². The summed E-state index contributed by atoms with van der Waals surface area (Å²) in [6.07, 6.45) is -0.806. The maximum Gasteiger partial charge on any atom is 0.122 e. The third-order valence-corrected chi connectivity index (χ3v) is 1.74. The van der Waals surface area contributed by atoms with Gasteiger partial charge >= 0.3 is 0 Å². The Morgan fingerprint density at radius 1 is 1.27 bits per heavy atom. The van der Waals surface area contributed by atoms with Crippen LogP contribution in [0, 0.1) is 6.92 Å². The number of rotatable bonds is 4. The van der Waals surface area contributed by atoms with Gasteiger partial charge < -0.3 is 14.9 Å². The van der Waals surface area contributed by atoms with Crippen LogP contribution in [0.3, 0.4) is 0 Å². The first-order valence-corrected chi connectivity index (χ1v) is 5.21. The molecule has 0 aliphatic heterocycles. The molecule has 0 bridgehead atoms. The standard InChI is InChI=1S/C10H14O3.C2H6/c1-8-4-2-3-5-10(8)13-7-9(12)6-11;1-2/h2-5,9,11-12H,6-7H2,1H3;1-2H3. The van der Waals surface area contributed by atoms with E-state index in [4.69, 9.17) is 14.9 Å². The first-order chi connectivity index (χ1) is 7.24. The number of hydrogen-bond acceptors (Lipinski definition) is 3. The van der Waals surface area contributed by atoms with Crippen LogP contribution in [0.2, 0.25) is 0 Å². The molecule has 1 unspecified atom stereocenters. The fraction of sp³-hybridized carbons (Fsp3) is 0.500. The molecule has 0 aliphatic rings. The van der Waals surface area contributed by atoms with Crippen LogP contribution in [0.1, 0.15) is 19.4 Å². The van der Waals surface area contributed by atoms with Gasteiger partial charge in [-0.15, -0.1) is 0 Å². The molecular formula is C12H20O3. The van der Waals surface area contributed by atoms with Crippen molar-refractivity contribution in [1.29, 1.82) is 0 Å². The van der Waals surface area contributed by atoms with Crippen LogP contribution in [0.4, 0.5) is 0 Å². The number of aliphatic hydroxyl groups excluding tert-OH is 2. The highest BCUT2D eigenvalue weighted by Gasteiger charge is 2.03. The van der Waals surface area contributed by atoms with Crippen LogP contribution < -0.4 is 4.74 Å². The molecule has 1 aromatic carbocycles. The first kappa shape index (κ1) is 13.9. The van der Waals surface area contributed by atoms with E-state index in [0.29, 0.717) is 0 Å². The lowest BCUT2D eigenvalue weighted by molar-refractivity contribution is 0.0534. The van der Waals surface area contributed by atoms with Crippen LogP contribution in [-0.4, -0.2) is 29.5 Å². The largest absolute Gasteiger partial charge is 0.491 e. The van der Waals surface area contributed by atoms with Gasteiger partial charge in [-0.2, -0.15) is 0 Å². The molecular weight excluding hydrogens is 192 g/mol. The van der Waals surface area contributed by atoms with Gasteiger partial charge in [0.25, 0.3) is 0 Å². The molecule has 1 rings (SSSR count). The summed E-state index contributed by atoms with van der Waals surface area (Å²) in [5.74, 6) is 0.745. The highest BCUT2D eigenvalue weighted by molar-refractivity contribution is 5.31. The summed E-state index contributed by atoms with van der Waals surface area (Å²) >= 11 is 0. The molecule has 2 N–H and O–H groups in total. The normalized spacial score (nSPS) is 11.3. The topological polar surface area (TPSA) is 49.7 Å². The molecule has 0 heterocycles. The van der Waals surface area contributed by atoms with Crippen molar-refractivity contribution in [2.75, 3.05) is 13.2 Å². The summed E-state index contributed by atoms with van der Waals surface area (Å²) in [5, 5.41) is 17.6. The lowest BCUT2D eigenvalue weighted by atomic mass is 10.2. The summed E-state index contributed by atoms with van der Waals surface area (Å²) < 4.78 is 5.28. The molecule has 0 aliphatic carbocycles. The minimum Gasteiger partial charge on any atom is -0.491 e. The minimum absolute atomic E-state index is 0.126. The van der Waals surface area contributed by atoms with Crippen LogP contribution >= 0.6 is 0 Å². The Labute approximate surface area is 91.3 Å². The Hall–Kier alpha value is -1.06.